The number of carbonyl (C=O) groups excluding carboxylic acids is 1. The Hall–Kier alpha value is -0.610. The van der Waals surface area contributed by atoms with Crippen LogP contribution in [-0.4, -0.2) is 42.5 Å². The molecule has 80 valence electrons. The molecule has 0 bridgehead atoms. The number of carbonyl (C=O) groups is 1. The molecule has 0 unspecified atom stereocenters. The number of nitrogens with zero attached hydrogens (tertiary/aromatic N) is 1. The first-order valence-corrected chi connectivity index (χ1v) is 5.51. The summed E-state index contributed by atoms with van der Waals surface area (Å²) in [6.45, 7) is 2.69. The molecule has 0 aromatic rings. The lowest BCUT2D eigenvalue weighted by atomic mass is 10.1. The zero-order chi connectivity index (χ0) is 9.97. The molecule has 0 aromatic heterocycles. The number of nitrogens with one attached hydrogen (secondary N) is 1. The summed E-state index contributed by atoms with van der Waals surface area (Å²) in [5.41, 5.74) is 5.08. The lowest BCUT2D eigenvalue weighted by Crippen LogP contribution is -2.45. The van der Waals surface area contributed by atoms with Crippen molar-refractivity contribution in [3.63, 3.8) is 0 Å². The van der Waals surface area contributed by atoms with E-state index in [0.29, 0.717) is 12.6 Å². The topological polar surface area (TPSA) is 58.4 Å². The summed E-state index contributed by atoms with van der Waals surface area (Å²) in [6, 6.07) is 1.38. The summed E-state index contributed by atoms with van der Waals surface area (Å²) in [4.78, 5) is 13.1. The molecule has 2 aliphatic rings. The van der Waals surface area contributed by atoms with Gasteiger partial charge in [0, 0.05) is 12.1 Å². The first kappa shape index (κ1) is 9.93. The zero-order valence-corrected chi connectivity index (χ0v) is 8.54. The monoisotopic (exact) mass is 197 g/mol. The maximum absolute atomic E-state index is 10.6. The Morgan fingerprint density at radius 2 is 1.93 bits per heavy atom. The van der Waals surface area contributed by atoms with Crippen molar-refractivity contribution in [2.75, 3.05) is 19.6 Å². The Morgan fingerprint density at radius 3 is 2.43 bits per heavy atom. The molecule has 2 fully saturated rings. The molecule has 1 amide bonds. The molecule has 2 rings (SSSR count). The van der Waals surface area contributed by atoms with Crippen molar-refractivity contribution in [2.45, 2.75) is 37.8 Å². The lowest BCUT2D eigenvalue weighted by Gasteiger charge is -2.32. The fourth-order valence-electron chi connectivity index (χ4n) is 2.15. The van der Waals surface area contributed by atoms with Gasteiger partial charge in [-0.15, -0.1) is 0 Å². The van der Waals surface area contributed by atoms with Crippen molar-refractivity contribution in [3.8, 4) is 0 Å². The quantitative estimate of drug-likeness (QED) is 0.650. The molecule has 1 saturated heterocycles. The van der Waals surface area contributed by atoms with Gasteiger partial charge >= 0.3 is 0 Å². The van der Waals surface area contributed by atoms with Crippen LogP contribution < -0.4 is 11.1 Å². The van der Waals surface area contributed by atoms with Gasteiger partial charge in [0.2, 0.25) is 5.91 Å². The minimum Gasteiger partial charge on any atom is -0.369 e. The normalized spacial score (nSPS) is 25.1. The highest BCUT2D eigenvalue weighted by Gasteiger charge is 2.31. The van der Waals surface area contributed by atoms with Crippen LogP contribution in [-0.2, 0) is 4.79 Å². The zero-order valence-electron chi connectivity index (χ0n) is 8.54. The summed E-state index contributed by atoms with van der Waals surface area (Å²) in [5.74, 6) is -0.255. The van der Waals surface area contributed by atoms with E-state index >= 15 is 0 Å². The summed E-state index contributed by atoms with van der Waals surface area (Å²) in [5, 5.41) is 3.20. The predicted molar refractivity (Wildman–Crippen MR) is 54.8 cm³/mol. The second-order valence-corrected chi connectivity index (χ2v) is 4.39. The van der Waals surface area contributed by atoms with Gasteiger partial charge in [-0.3, -0.25) is 4.79 Å². The Morgan fingerprint density at radius 1 is 1.29 bits per heavy atom. The molecule has 1 saturated carbocycles. The van der Waals surface area contributed by atoms with Crippen molar-refractivity contribution in [3.05, 3.63) is 0 Å². The first-order valence-electron chi connectivity index (χ1n) is 5.51. The Kier molecular flexibility index (Phi) is 3.03. The maximum Gasteiger partial charge on any atom is 0.231 e. The molecule has 0 spiro atoms. The number of likely N-dealkylation sites (tertiary alicyclic amines) is 1. The van der Waals surface area contributed by atoms with Gasteiger partial charge in [0.25, 0.3) is 0 Å². The molecule has 14 heavy (non-hydrogen) atoms. The fraction of sp³-hybridized carbons (Fsp3) is 0.900. The smallest absolute Gasteiger partial charge is 0.231 e. The van der Waals surface area contributed by atoms with E-state index in [4.69, 9.17) is 5.73 Å². The van der Waals surface area contributed by atoms with Crippen molar-refractivity contribution >= 4 is 5.91 Å². The van der Waals surface area contributed by atoms with Crippen LogP contribution >= 0.6 is 0 Å². The van der Waals surface area contributed by atoms with Crippen LogP contribution in [0.25, 0.3) is 0 Å². The van der Waals surface area contributed by atoms with E-state index in [-0.39, 0.29) is 5.91 Å². The van der Waals surface area contributed by atoms with Crippen LogP contribution in [0.2, 0.25) is 0 Å². The van der Waals surface area contributed by atoms with Crippen LogP contribution in [0.5, 0.6) is 0 Å². The first-order chi connectivity index (χ1) is 6.75. The number of hydrogen-bond donors (Lipinski definition) is 2. The third kappa shape index (κ3) is 2.69. The van der Waals surface area contributed by atoms with Gasteiger partial charge in [-0.05, 0) is 38.8 Å². The van der Waals surface area contributed by atoms with Crippen molar-refractivity contribution < 1.29 is 4.79 Å². The van der Waals surface area contributed by atoms with Crippen LogP contribution in [0.3, 0.4) is 0 Å². The molecule has 1 aliphatic heterocycles. The van der Waals surface area contributed by atoms with Gasteiger partial charge in [-0.25, -0.2) is 0 Å². The summed E-state index contributed by atoms with van der Waals surface area (Å²) in [7, 11) is 0. The average molecular weight is 197 g/mol. The van der Waals surface area contributed by atoms with Gasteiger partial charge in [0.15, 0.2) is 0 Å². The molecule has 0 atom stereocenters. The molecular weight excluding hydrogens is 178 g/mol. The highest BCUT2D eigenvalue weighted by molar-refractivity contribution is 5.75. The highest BCUT2D eigenvalue weighted by Crippen LogP contribution is 2.29. The minimum atomic E-state index is -0.255. The molecule has 4 nitrogen and oxygen atoms in total. The van der Waals surface area contributed by atoms with E-state index in [9.17, 15) is 4.79 Å². The Bertz CT molecular complexity index is 207. The summed E-state index contributed by atoms with van der Waals surface area (Å²) in [6.07, 6.45) is 5.09. The number of rotatable bonds is 4. The second kappa shape index (κ2) is 4.28. The second-order valence-electron chi connectivity index (χ2n) is 4.39. The van der Waals surface area contributed by atoms with Gasteiger partial charge < -0.3 is 16.0 Å². The standard InChI is InChI=1S/C10H19N3O/c11-10(14)7-12-8-3-5-13(6-4-8)9-1-2-9/h8-9,12H,1-7H2,(H2,11,14). The lowest BCUT2D eigenvalue weighted by molar-refractivity contribution is -0.117. The third-order valence-electron chi connectivity index (χ3n) is 3.16. The van der Waals surface area contributed by atoms with E-state index in [1.54, 1.807) is 0 Å². The molecule has 0 radical (unpaired) electrons. The average Bonchev–Trinajstić information content (AvgIpc) is 2.99. The molecular formula is C10H19N3O. The van der Waals surface area contributed by atoms with Crippen molar-refractivity contribution in [1.29, 1.82) is 0 Å². The van der Waals surface area contributed by atoms with Crippen LogP contribution in [0, 0.1) is 0 Å². The van der Waals surface area contributed by atoms with Crippen LogP contribution in [0.4, 0.5) is 0 Å². The molecule has 1 aliphatic carbocycles. The van der Waals surface area contributed by atoms with E-state index in [0.717, 1.165) is 18.9 Å². The number of nitrogens with two attached hydrogens (primary N) is 1. The van der Waals surface area contributed by atoms with Gasteiger partial charge in [0.1, 0.15) is 0 Å². The number of piperidine rings is 1. The van der Waals surface area contributed by atoms with Crippen molar-refractivity contribution in [2.24, 2.45) is 5.73 Å². The van der Waals surface area contributed by atoms with E-state index in [1.807, 2.05) is 0 Å². The van der Waals surface area contributed by atoms with E-state index in [1.165, 1.54) is 25.9 Å². The maximum atomic E-state index is 10.6. The van der Waals surface area contributed by atoms with Crippen LogP contribution in [0.15, 0.2) is 0 Å². The Balaban J connectivity index is 1.64. The largest absolute Gasteiger partial charge is 0.369 e. The number of hydrogen-bond acceptors (Lipinski definition) is 3. The Labute approximate surface area is 84.8 Å². The molecule has 1 heterocycles. The van der Waals surface area contributed by atoms with Crippen molar-refractivity contribution in [1.82, 2.24) is 10.2 Å². The SMILES string of the molecule is NC(=O)CNC1CCN(C2CC2)CC1. The third-order valence-corrected chi connectivity index (χ3v) is 3.16. The highest BCUT2D eigenvalue weighted by atomic mass is 16.1. The molecule has 3 N–H and O–H groups in total. The molecule has 4 heteroatoms. The van der Waals surface area contributed by atoms with E-state index < -0.39 is 0 Å². The number of primary amides is 1. The van der Waals surface area contributed by atoms with Gasteiger partial charge in [-0.2, -0.15) is 0 Å². The minimum absolute atomic E-state index is 0.255. The van der Waals surface area contributed by atoms with Gasteiger partial charge in [0.05, 0.1) is 6.54 Å². The van der Waals surface area contributed by atoms with E-state index in [2.05, 4.69) is 10.2 Å². The summed E-state index contributed by atoms with van der Waals surface area (Å²) >= 11 is 0. The molecule has 0 aromatic carbocycles. The van der Waals surface area contributed by atoms with Crippen LogP contribution in [0.1, 0.15) is 25.7 Å². The summed E-state index contributed by atoms with van der Waals surface area (Å²) < 4.78 is 0. The van der Waals surface area contributed by atoms with Gasteiger partial charge in [-0.1, -0.05) is 0 Å². The fourth-order valence-corrected chi connectivity index (χ4v) is 2.15. The predicted octanol–water partition coefficient (Wildman–Crippen LogP) is -0.312. The number of amides is 1.